The fourth-order valence-corrected chi connectivity index (χ4v) is 1.64. The van der Waals surface area contributed by atoms with Crippen molar-refractivity contribution in [2.24, 2.45) is 0 Å². The third kappa shape index (κ3) is 1.36. The maximum atomic E-state index is 13.1. The summed E-state index contributed by atoms with van der Waals surface area (Å²) in [5, 5.41) is 8.95. The topological polar surface area (TPSA) is 54.6 Å². The van der Waals surface area contributed by atoms with E-state index in [0.717, 1.165) is 6.20 Å². The highest BCUT2D eigenvalue weighted by Gasteiger charge is 2.16. The van der Waals surface area contributed by atoms with E-state index in [9.17, 15) is 9.18 Å². The van der Waals surface area contributed by atoms with E-state index < -0.39 is 11.8 Å². The van der Waals surface area contributed by atoms with Gasteiger partial charge >= 0.3 is 5.97 Å². The molecule has 0 saturated heterocycles. The lowest BCUT2D eigenvalue weighted by Gasteiger charge is -2.00. The number of nitrogens with zero attached hydrogens (tertiary/aromatic N) is 2. The van der Waals surface area contributed by atoms with Crippen LogP contribution in [0.5, 0.6) is 0 Å². The van der Waals surface area contributed by atoms with Crippen molar-refractivity contribution in [3.8, 4) is 0 Å². The van der Waals surface area contributed by atoms with Crippen LogP contribution in [0.3, 0.4) is 0 Å². The van der Waals surface area contributed by atoms with Crippen LogP contribution >= 0.6 is 0 Å². The molecule has 2 aromatic heterocycles. The van der Waals surface area contributed by atoms with Crippen molar-refractivity contribution in [3.05, 3.63) is 35.0 Å². The van der Waals surface area contributed by atoms with Crippen LogP contribution in [0.4, 0.5) is 4.39 Å². The molecule has 0 fully saturated rings. The maximum absolute atomic E-state index is 13.1. The Bertz CT molecular complexity index is 560. The van der Waals surface area contributed by atoms with Crippen molar-refractivity contribution in [3.63, 3.8) is 0 Å². The maximum Gasteiger partial charge on any atom is 0.354 e. The molecular formula is C10H9FN2O2. The predicted molar refractivity (Wildman–Crippen MR) is 51.6 cm³/mol. The third-order valence-corrected chi connectivity index (χ3v) is 2.25. The monoisotopic (exact) mass is 208 g/mol. The van der Waals surface area contributed by atoms with Crippen LogP contribution in [0, 0.1) is 19.7 Å². The van der Waals surface area contributed by atoms with E-state index in [2.05, 4.69) is 4.98 Å². The lowest BCUT2D eigenvalue weighted by atomic mass is 10.3. The van der Waals surface area contributed by atoms with Gasteiger partial charge < -0.3 is 5.11 Å². The number of fused-ring (bicyclic) bond motifs is 1. The molecule has 0 spiro atoms. The van der Waals surface area contributed by atoms with Crippen LogP contribution < -0.4 is 0 Å². The Hall–Kier alpha value is -1.91. The number of aryl methyl sites for hydroxylation is 2. The molecule has 0 aliphatic heterocycles. The number of hydrogen-bond acceptors (Lipinski definition) is 2. The van der Waals surface area contributed by atoms with Crippen molar-refractivity contribution in [1.82, 2.24) is 9.38 Å². The minimum absolute atomic E-state index is 0.00704. The summed E-state index contributed by atoms with van der Waals surface area (Å²) in [6, 6.07) is 1.33. The summed E-state index contributed by atoms with van der Waals surface area (Å²) >= 11 is 0. The predicted octanol–water partition coefficient (Wildman–Crippen LogP) is 1.79. The Morgan fingerprint density at radius 3 is 2.80 bits per heavy atom. The number of halogens is 1. The lowest BCUT2D eigenvalue weighted by molar-refractivity contribution is 0.0688. The summed E-state index contributed by atoms with van der Waals surface area (Å²) in [5.74, 6) is -1.58. The molecular weight excluding hydrogens is 199 g/mol. The smallest absolute Gasteiger partial charge is 0.354 e. The van der Waals surface area contributed by atoms with Crippen LogP contribution in [0.15, 0.2) is 12.3 Å². The molecule has 0 radical (unpaired) electrons. The van der Waals surface area contributed by atoms with Gasteiger partial charge in [0.2, 0.25) is 0 Å². The van der Waals surface area contributed by atoms with Crippen molar-refractivity contribution in [2.75, 3.05) is 0 Å². The highest BCUT2D eigenvalue weighted by Crippen LogP contribution is 2.16. The van der Waals surface area contributed by atoms with Gasteiger partial charge in [-0.2, -0.15) is 0 Å². The molecule has 1 N–H and O–H groups in total. The van der Waals surface area contributed by atoms with Crippen molar-refractivity contribution < 1.29 is 14.3 Å². The van der Waals surface area contributed by atoms with Crippen LogP contribution in [0.25, 0.3) is 5.65 Å². The minimum Gasteiger partial charge on any atom is -0.477 e. The number of pyridine rings is 1. The largest absolute Gasteiger partial charge is 0.477 e. The van der Waals surface area contributed by atoms with Crippen LogP contribution in [0.2, 0.25) is 0 Å². The van der Waals surface area contributed by atoms with Gasteiger partial charge in [-0.05, 0) is 25.5 Å². The highest BCUT2D eigenvalue weighted by molar-refractivity contribution is 5.88. The molecule has 0 aliphatic carbocycles. The van der Waals surface area contributed by atoms with Crippen molar-refractivity contribution in [2.45, 2.75) is 13.8 Å². The van der Waals surface area contributed by atoms with E-state index in [4.69, 9.17) is 5.11 Å². The molecule has 4 nitrogen and oxygen atoms in total. The van der Waals surface area contributed by atoms with Crippen LogP contribution in [-0.4, -0.2) is 20.5 Å². The molecule has 2 rings (SSSR count). The Labute approximate surface area is 85.0 Å². The van der Waals surface area contributed by atoms with Gasteiger partial charge in [0.25, 0.3) is 0 Å². The summed E-state index contributed by atoms with van der Waals surface area (Å²) < 4.78 is 14.4. The molecule has 0 aliphatic rings. The lowest BCUT2D eigenvalue weighted by Crippen LogP contribution is -2.04. The molecule has 0 atom stereocenters. The second kappa shape index (κ2) is 3.05. The van der Waals surface area contributed by atoms with Gasteiger partial charge in [0.15, 0.2) is 5.69 Å². The first-order chi connectivity index (χ1) is 7.00. The number of carboxylic acids is 1. The molecule has 0 aromatic carbocycles. The second-order valence-corrected chi connectivity index (χ2v) is 3.39. The Kier molecular flexibility index (Phi) is 1.96. The van der Waals surface area contributed by atoms with Crippen LogP contribution in [-0.2, 0) is 0 Å². The fourth-order valence-electron chi connectivity index (χ4n) is 1.64. The van der Waals surface area contributed by atoms with E-state index >= 15 is 0 Å². The number of carbonyl (C=O) groups is 1. The van der Waals surface area contributed by atoms with Crippen molar-refractivity contribution >= 4 is 11.6 Å². The average Bonchev–Trinajstić information content (AvgIpc) is 2.41. The zero-order chi connectivity index (χ0) is 11.2. The number of aromatic carboxylic acids is 1. The summed E-state index contributed by atoms with van der Waals surface area (Å²) in [4.78, 5) is 15.0. The number of aromatic nitrogens is 2. The molecule has 2 aromatic rings. The normalized spacial score (nSPS) is 10.9. The summed E-state index contributed by atoms with van der Waals surface area (Å²) in [6.45, 7) is 3.28. The first-order valence-corrected chi connectivity index (χ1v) is 4.39. The first kappa shape index (κ1) is 9.64. The Balaban J connectivity index is 2.93. The summed E-state index contributed by atoms with van der Waals surface area (Å²) in [5.41, 5.74) is 1.49. The number of imidazole rings is 1. The quantitative estimate of drug-likeness (QED) is 0.777. The molecule has 78 valence electrons. The minimum atomic E-state index is -1.11. The first-order valence-electron chi connectivity index (χ1n) is 4.39. The fraction of sp³-hybridized carbons (Fsp3) is 0.200. The SMILES string of the molecule is Cc1nc2c(C)cc(F)cn2c1C(=O)O. The van der Waals surface area contributed by atoms with Gasteiger partial charge in [-0.1, -0.05) is 0 Å². The molecule has 0 bridgehead atoms. The standard InChI is InChI=1S/C10H9FN2O2/c1-5-3-7(11)4-13-8(10(14)15)6(2)12-9(5)13/h3-4H,1-2H3,(H,14,15). The van der Waals surface area contributed by atoms with Gasteiger partial charge in [0.1, 0.15) is 11.5 Å². The number of hydrogen-bond donors (Lipinski definition) is 1. The van der Waals surface area contributed by atoms with E-state index in [1.54, 1.807) is 13.8 Å². The zero-order valence-electron chi connectivity index (χ0n) is 8.28. The van der Waals surface area contributed by atoms with Gasteiger partial charge in [0.05, 0.1) is 5.69 Å². The molecule has 15 heavy (non-hydrogen) atoms. The molecule has 0 saturated carbocycles. The number of rotatable bonds is 1. The molecule has 0 unspecified atom stereocenters. The highest BCUT2D eigenvalue weighted by atomic mass is 19.1. The number of carboxylic acid groups (broad SMARTS) is 1. The average molecular weight is 208 g/mol. The molecule has 0 amide bonds. The third-order valence-electron chi connectivity index (χ3n) is 2.25. The Morgan fingerprint density at radius 1 is 1.53 bits per heavy atom. The van der Waals surface area contributed by atoms with Gasteiger partial charge in [-0.25, -0.2) is 14.2 Å². The van der Waals surface area contributed by atoms with Gasteiger partial charge in [-0.15, -0.1) is 0 Å². The summed E-state index contributed by atoms with van der Waals surface area (Å²) in [7, 11) is 0. The van der Waals surface area contributed by atoms with E-state index in [1.807, 2.05) is 0 Å². The van der Waals surface area contributed by atoms with Crippen LogP contribution in [0.1, 0.15) is 21.7 Å². The Morgan fingerprint density at radius 2 is 2.20 bits per heavy atom. The van der Waals surface area contributed by atoms with Gasteiger partial charge in [0, 0.05) is 6.20 Å². The molecule has 2 heterocycles. The molecule has 5 heteroatoms. The summed E-state index contributed by atoms with van der Waals surface area (Å²) in [6.07, 6.45) is 1.13. The van der Waals surface area contributed by atoms with Crippen molar-refractivity contribution in [1.29, 1.82) is 0 Å². The second-order valence-electron chi connectivity index (χ2n) is 3.39. The van der Waals surface area contributed by atoms with E-state index in [-0.39, 0.29) is 5.69 Å². The van der Waals surface area contributed by atoms with E-state index in [0.29, 0.717) is 16.9 Å². The zero-order valence-corrected chi connectivity index (χ0v) is 8.28. The van der Waals surface area contributed by atoms with Gasteiger partial charge in [-0.3, -0.25) is 4.40 Å². The van der Waals surface area contributed by atoms with E-state index in [1.165, 1.54) is 10.5 Å².